The Labute approximate surface area is 113 Å². The van der Waals surface area contributed by atoms with Crippen molar-refractivity contribution in [2.75, 3.05) is 0 Å². The third kappa shape index (κ3) is 6.49. The molecule has 9 heteroatoms. The molecule has 1 aromatic heterocycles. The van der Waals surface area contributed by atoms with Crippen LogP contribution in [0.3, 0.4) is 0 Å². The molecule has 106 valence electrons. The third-order valence-electron chi connectivity index (χ3n) is 2.18. The lowest BCUT2D eigenvalue weighted by Gasteiger charge is -2.19. The second kappa shape index (κ2) is 6.81. The molecule has 19 heavy (non-hydrogen) atoms. The van der Waals surface area contributed by atoms with Crippen LogP contribution in [-0.4, -0.2) is 33.1 Å². The van der Waals surface area contributed by atoms with Crippen LogP contribution in [0, 0.1) is 0 Å². The number of carbonyl (C=O) groups is 2. The average molecular weight is 307 g/mol. The zero-order valence-corrected chi connectivity index (χ0v) is 11.6. The fourth-order valence-electron chi connectivity index (χ4n) is 1.53. The van der Waals surface area contributed by atoms with Crippen LogP contribution in [-0.2, 0) is 20.3 Å². The molecule has 0 amide bonds. The van der Waals surface area contributed by atoms with E-state index in [0.717, 1.165) is 0 Å². The SMILES string of the molecule is O=C(O)CC(CC(=O)O)NP(=O)(O)Cc1cccs1. The number of rotatable bonds is 8. The highest BCUT2D eigenvalue weighted by Crippen LogP contribution is 2.42. The first kappa shape index (κ1) is 15.8. The van der Waals surface area contributed by atoms with Crippen molar-refractivity contribution in [2.45, 2.75) is 25.0 Å². The van der Waals surface area contributed by atoms with Crippen molar-refractivity contribution >= 4 is 30.8 Å². The predicted molar refractivity (Wildman–Crippen MR) is 69.3 cm³/mol. The van der Waals surface area contributed by atoms with Crippen molar-refractivity contribution < 1.29 is 29.3 Å². The van der Waals surface area contributed by atoms with Crippen LogP contribution in [0.15, 0.2) is 17.5 Å². The Morgan fingerprint density at radius 2 is 1.89 bits per heavy atom. The van der Waals surface area contributed by atoms with E-state index in [-0.39, 0.29) is 6.16 Å². The fraction of sp³-hybridized carbons (Fsp3) is 0.400. The number of carboxylic acids is 2. The van der Waals surface area contributed by atoms with Crippen LogP contribution in [0.4, 0.5) is 0 Å². The van der Waals surface area contributed by atoms with Crippen molar-refractivity contribution in [1.29, 1.82) is 0 Å². The highest BCUT2D eigenvalue weighted by Gasteiger charge is 2.27. The van der Waals surface area contributed by atoms with Gasteiger partial charge in [-0.25, -0.2) is 5.09 Å². The number of aliphatic carboxylic acids is 2. The van der Waals surface area contributed by atoms with Crippen LogP contribution in [0.2, 0.25) is 0 Å². The molecule has 0 saturated carbocycles. The van der Waals surface area contributed by atoms with E-state index >= 15 is 0 Å². The first-order valence-electron chi connectivity index (χ1n) is 5.34. The fourth-order valence-corrected chi connectivity index (χ4v) is 4.21. The summed E-state index contributed by atoms with van der Waals surface area (Å²) < 4.78 is 11.9. The van der Waals surface area contributed by atoms with Gasteiger partial charge < -0.3 is 15.1 Å². The lowest BCUT2D eigenvalue weighted by Crippen LogP contribution is -2.31. The van der Waals surface area contributed by atoms with Gasteiger partial charge in [-0.3, -0.25) is 14.2 Å². The van der Waals surface area contributed by atoms with E-state index in [9.17, 15) is 19.0 Å². The van der Waals surface area contributed by atoms with E-state index in [0.29, 0.717) is 4.88 Å². The quantitative estimate of drug-likeness (QED) is 0.534. The zero-order chi connectivity index (χ0) is 14.5. The van der Waals surface area contributed by atoms with Gasteiger partial charge in [-0.2, -0.15) is 0 Å². The smallest absolute Gasteiger partial charge is 0.304 e. The molecule has 1 rings (SSSR count). The second-order valence-corrected chi connectivity index (χ2v) is 6.97. The van der Waals surface area contributed by atoms with E-state index in [4.69, 9.17) is 10.2 Å². The van der Waals surface area contributed by atoms with Crippen LogP contribution < -0.4 is 5.09 Å². The van der Waals surface area contributed by atoms with E-state index in [2.05, 4.69) is 5.09 Å². The molecular weight excluding hydrogens is 293 g/mol. The zero-order valence-electron chi connectivity index (χ0n) is 9.85. The van der Waals surface area contributed by atoms with Crippen molar-refractivity contribution in [3.8, 4) is 0 Å². The molecule has 0 bridgehead atoms. The predicted octanol–water partition coefficient (Wildman–Crippen LogP) is 1.34. The van der Waals surface area contributed by atoms with Crippen molar-refractivity contribution in [3.05, 3.63) is 22.4 Å². The van der Waals surface area contributed by atoms with Crippen molar-refractivity contribution in [2.24, 2.45) is 0 Å². The molecule has 1 aromatic rings. The molecular formula is C10H14NO6PS. The minimum atomic E-state index is -3.82. The van der Waals surface area contributed by atoms with Crippen LogP contribution in [0.1, 0.15) is 17.7 Å². The molecule has 0 fully saturated rings. The molecule has 7 nitrogen and oxygen atoms in total. The molecule has 1 heterocycles. The lowest BCUT2D eigenvalue weighted by atomic mass is 10.1. The molecule has 1 unspecified atom stereocenters. The summed E-state index contributed by atoms with van der Waals surface area (Å²) in [6.07, 6.45) is -1.21. The summed E-state index contributed by atoms with van der Waals surface area (Å²) in [7, 11) is -3.82. The Hall–Kier alpha value is -1.21. The standard InChI is InChI=1S/C10H14NO6PS/c12-9(13)4-7(5-10(14)15)11-18(16,17)6-8-2-1-3-19-8/h1-3,7H,4-6H2,(H,12,13)(H,14,15)(H2,11,16,17). The summed E-state index contributed by atoms with van der Waals surface area (Å²) in [5.41, 5.74) is 0. The number of carboxylic acid groups (broad SMARTS) is 2. The normalized spacial score (nSPS) is 14.2. The average Bonchev–Trinajstić information content (AvgIpc) is 2.65. The first-order chi connectivity index (χ1) is 8.78. The van der Waals surface area contributed by atoms with Crippen molar-refractivity contribution in [3.63, 3.8) is 0 Å². The molecule has 0 aliphatic carbocycles. The second-order valence-electron chi connectivity index (χ2n) is 3.96. The van der Waals surface area contributed by atoms with Gasteiger partial charge in [0.25, 0.3) is 7.52 Å². The molecule has 4 N–H and O–H groups in total. The Kier molecular flexibility index (Phi) is 5.68. The topological polar surface area (TPSA) is 124 Å². The molecule has 0 radical (unpaired) electrons. The van der Waals surface area contributed by atoms with Crippen LogP contribution >= 0.6 is 18.9 Å². The minimum Gasteiger partial charge on any atom is -0.481 e. The summed E-state index contributed by atoms with van der Waals surface area (Å²) in [6, 6.07) is 2.33. The maximum Gasteiger partial charge on any atom is 0.304 e. The van der Waals surface area contributed by atoms with Gasteiger partial charge in [-0.1, -0.05) is 6.07 Å². The summed E-state index contributed by atoms with van der Waals surface area (Å²) in [5.74, 6) is -2.45. The minimum absolute atomic E-state index is 0.152. The largest absolute Gasteiger partial charge is 0.481 e. The molecule has 0 spiro atoms. The number of hydrogen-bond donors (Lipinski definition) is 4. The van der Waals surface area contributed by atoms with Crippen LogP contribution in [0.25, 0.3) is 0 Å². The van der Waals surface area contributed by atoms with Gasteiger partial charge in [-0.05, 0) is 11.4 Å². The molecule has 0 saturated heterocycles. The van der Waals surface area contributed by atoms with Gasteiger partial charge in [-0.15, -0.1) is 11.3 Å². The first-order valence-corrected chi connectivity index (χ1v) is 8.06. The van der Waals surface area contributed by atoms with Gasteiger partial charge in [0.2, 0.25) is 0 Å². The highest BCUT2D eigenvalue weighted by molar-refractivity contribution is 7.55. The maximum absolute atomic E-state index is 11.9. The van der Waals surface area contributed by atoms with Crippen LogP contribution in [0.5, 0.6) is 0 Å². The Bertz CT molecular complexity index is 472. The third-order valence-corrected chi connectivity index (χ3v) is 4.80. The number of thiophene rings is 1. The lowest BCUT2D eigenvalue weighted by molar-refractivity contribution is -0.139. The molecule has 0 aliphatic heterocycles. The summed E-state index contributed by atoms with van der Waals surface area (Å²) >= 11 is 1.30. The molecule has 0 aliphatic rings. The van der Waals surface area contributed by atoms with Gasteiger partial charge >= 0.3 is 11.9 Å². The van der Waals surface area contributed by atoms with E-state index in [1.165, 1.54) is 11.3 Å². The maximum atomic E-state index is 11.9. The monoisotopic (exact) mass is 307 g/mol. The number of hydrogen-bond acceptors (Lipinski definition) is 4. The Morgan fingerprint density at radius 3 is 2.32 bits per heavy atom. The summed E-state index contributed by atoms with van der Waals surface area (Å²) in [6.45, 7) is 0. The summed E-state index contributed by atoms with van der Waals surface area (Å²) in [4.78, 5) is 31.6. The van der Waals surface area contributed by atoms with Gasteiger partial charge in [0.15, 0.2) is 0 Å². The molecule has 0 aromatic carbocycles. The Balaban J connectivity index is 2.67. The summed E-state index contributed by atoms with van der Waals surface area (Å²) in [5, 5.41) is 21.3. The van der Waals surface area contributed by atoms with E-state index < -0.39 is 38.3 Å². The van der Waals surface area contributed by atoms with Gasteiger partial charge in [0.05, 0.1) is 19.0 Å². The number of nitrogens with one attached hydrogen (secondary N) is 1. The molecule has 1 atom stereocenters. The van der Waals surface area contributed by atoms with Gasteiger partial charge in [0, 0.05) is 10.9 Å². The van der Waals surface area contributed by atoms with Gasteiger partial charge in [0.1, 0.15) is 0 Å². The Morgan fingerprint density at radius 1 is 1.32 bits per heavy atom. The highest BCUT2D eigenvalue weighted by atomic mass is 32.1. The van der Waals surface area contributed by atoms with E-state index in [1.54, 1.807) is 17.5 Å². The van der Waals surface area contributed by atoms with E-state index in [1.807, 2.05) is 0 Å². The van der Waals surface area contributed by atoms with Crippen molar-refractivity contribution in [1.82, 2.24) is 5.09 Å².